The molecule has 1 amide bonds. The number of carbonyl (C=O) groups is 1. The molecule has 0 bridgehead atoms. The van der Waals surface area contributed by atoms with Gasteiger partial charge in [-0.25, -0.2) is 4.79 Å². The lowest BCUT2D eigenvalue weighted by atomic mass is 10.0. The van der Waals surface area contributed by atoms with Crippen molar-refractivity contribution < 1.29 is 9.53 Å². The van der Waals surface area contributed by atoms with E-state index in [-0.39, 0.29) is 6.09 Å². The fraction of sp³-hybridized carbons (Fsp3) is 0.316. The maximum Gasteiger partial charge on any atom is 0.419 e. The van der Waals surface area contributed by atoms with Crippen molar-refractivity contribution in [3.05, 3.63) is 48.5 Å². The molecule has 3 heteroatoms. The molecule has 0 aliphatic carbocycles. The topological polar surface area (TPSA) is 29.5 Å². The molecule has 3 nitrogen and oxygen atoms in total. The minimum atomic E-state index is -0.314. The normalized spacial score (nSPS) is 14.1. The summed E-state index contributed by atoms with van der Waals surface area (Å²) in [4.78, 5) is 14.0. The monoisotopic (exact) mass is 295 g/mol. The predicted molar refractivity (Wildman–Crippen MR) is 89.9 cm³/mol. The number of hydrogen-bond acceptors (Lipinski definition) is 2. The van der Waals surface area contributed by atoms with Crippen LogP contribution < -0.4 is 4.74 Å². The molecule has 0 fully saturated rings. The zero-order valence-electron chi connectivity index (χ0n) is 13.0. The highest BCUT2D eigenvalue weighted by atomic mass is 16.6. The summed E-state index contributed by atoms with van der Waals surface area (Å²) in [7, 11) is 0. The largest absolute Gasteiger partial charge is 0.419 e. The van der Waals surface area contributed by atoms with E-state index >= 15 is 0 Å². The number of unbranched alkanes of at least 4 members (excludes halogenated alkanes) is 3. The van der Waals surface area contributed by atoms with Gasteiger partial charge in [-0.05, 0) is 17.9 Å². The van der Waals surface area contributed by atoms with Crippen LogP contribution in [0.5, 0.6) is 5.75 Å². The van der Waals surface area contributed by atoms with Crippen LogP contribution in [-0.2, 0) is 0 Å². The first-order valence-corrected chi connectivity index (χ1v) is 7.92. The standard InChI is InChI=1S/C19H21NO2/c1-3-4-5-8-13-20-14(2)16-12-11-15-9-6-7-10-17(15)18(16)22-19(20)21/h6-7,9-12H,2-5,8,13H2,1H3. The average molecular weight is 295 g/mol. The highest BCUT2D eigenvalue weighted by Crippen LogP contribution is 2.38. The maximum atomic E-state index is 12.3. The van der Waals surface area contributed by atoms with Crippen molar-refractivity contribution in [2.45, 2.75) is 32.6 Å². The fourth-order valence-electron chi connectivity index (χ4n) is 2.90. The summed E-state index contributed by atoms with van der Waals surface area (Å²) < 4.78 is 5.61. The van der Waals surface area contributed by atoms with Gasteiger partial charge in [0.15, 0.2) is 0 Å². The van der Waals surface area contributed by atoms with Crippen LogP contribution in [0.4, 0.5) is 4.79 Å². The molecule has 3 rings (SSSR count). The van der Waals surface area contributed by atoms with Crippen LogP contribution in [0.25, 0.3) is 16.5 Å². The SMILES string of the molecule is C=C1c2ccc3ccccc3c2OC(=O)N1CCCCCC. The van der Waals surface area contributed by atoms with Gasteiger partial charge in [-0.1, -0.05) is 63.1 Å². The molecule has 1 aliphatic heterocycles. The molecular formula is C19H21NO2. The van der Waals surface area contributed by atoms with E-state index in [4.69, 9.17) is 4.74 Å². The zero-order chi connectivity index (χ0) is 15.5. The zero-order valence-corrected chi connectivity index (χ0v) is 13.0. The molecule has 0 N–H and O–H groups in total. The summed E-state index contributed by atoms with van der Waals surface area (Å²) in [6.45, 7) is 6.96. The van der Waals surface area contributed by atoms with Crippen LogP contribution >= 0.6 is 0 Å². The van der Waals surface area contributed by atoms with E-state index in [1.54, 1.807) is 4.90 Å². The van der Waals surface area contributed by atoms with Gasteiger partial charge in [-0.3, -0.25) is 4.90 Å². The second-order valence-electron chi connectivity index (χ2n) is 5.69. The van der Waals surface area contributed by atoms with Crippen LogP contribution in [0, 0.1) is 0 Å². The van der Waals surface area contributed by atoms with Gasteiger partial charge in [-0.2, -0.15) is 0 Å². The van der Waals surface area contributed by atoms with E-state index < -0.39 is 0 Å². The van der Waals surface area contributed by atoms with Crippen molar-refractivity contribution in [1.29, 1.82) is 0 Å². The Morgan fingerprint density at radius 3 is 2.73 bits per heavy atom. The van der Waals surface area contributed by atoms with Gasteiger partial charge >= 0.3 is 6.09 Å². The van der Waals surface area contributed by atoms with Crippen molar-refractivity contribution in [2.24, 2.45) is 0 Å². The number of nitrogens with zero attached hydrogens (tertiary/aromatic N) is 1. The Hall–Kier alpha value is -2.29. The van der Waals surface area contributed by atoms with Gasteiger partial charge in [0.25, 0.3) is 0 Å². The first kappa shape index (κ1) is 14.6. The summed E-state index contributed by atoms with van der Waals surface area (Å²) in [5.74, 6) is 0.637. The second kappa shape index (κ2) is 6.22. The Labute approximate surface area is 131 Å². The molecule has 1 aliphatic rings. The van der Waals surface area contributed by atoms with E-state index in [1.807, 2.05) is 36.4 Å². The highest BCUT2D eigenvalue weighted by molar-refractivity contribution is 5.99. The van der Waals surface area contributed by atoms with E-state index in [2.05, 4.69) is 13.5 Å². The third kappa shape index (κ3) is 2.59. The number of hydrogen-bond donors (Lipinski definition) is 0. The van der Waals surface area contributed by atoms with Crippen molar-refractivity contribution >= 4 is 22.6 Å². The lowest BCUT2D eigenvalue weighted by Gasteiger charge is -2.30. The minimum absolute atomic E-state index is 0.314. The van der Waals surface area contributed by atoms with Crippen LogP contribution in [-0.4, -0.2) is 17.5 Å². The molecule has 2 aromatic carbocycles. The Morgan fingerprint density at radius 2 is 1.91 bits per heavy atom. The van der Waals surface area contributed by atoms with Crippen molar-refractivity contribution in [3.63, 3.8) is 0 Å². The molecule has 0 spiro atoms. The molecule has 0 saturated heterocycles. The molecule has 0 aromatic heterocycles. The summed E-state index contributed by atoms with van der Waals surface area (Å²) >= 11 is 0. The van der Waals surface area contributed by atoms with Crippen LogP contribution in [0.3, 0.4) is 0 Å². The lowest BCUT2D eigenvalue weighted by molar-refractivity contribution is 0.168. The van der Waals surface area contributed by atoms with Crippen molar-refractivity contribution in [2.75, 3.05) is 6.54 Å². The summed E-state index contributed by atoms with van der Waals surface area (Å²) in [5, 5.41) is 2.03. The molecule has 0 atom stereocenters. The van der Waals surface area contributed by atoms with E-state index in [0.717, 1.165) is 34.9 Å². The van der Waals surface area contributed by atoms with Gasteiger partial charge < -0.3 is 4.74 Å². The molecule has 1 heterocycles. The van der Waals surface area contributed by atoms with Crippen LogP contribution in [0.1, 0.15) is 38.2 Å². The van der Waals surface area contributed by atoms with E-state index in [9.17, 15) is 4.79 Å². The van der Waals surface area contributed by atoms with Gasteiger partial charge in [0, 0.05) is 17.5 Å². The Kier molecular flexibility index (Phi) is 4.14. The minimum Gasteiger partial charge on any atom is -0.409 e. The van der Waals surface area contributed by atoms with Crippen molar-refractivity contribution in [1.82, 2.24) is 4.90 Å². The second-order valence-corrected chi connectivity index (χ2v) is 5.69. The van der Waals surface area contributed by atoms with Crippen molar-refractivity contribution in [3.8, 4) is 5.75 Å². The number of ether oxygens (including phenoxy) is 1. The molecule has 0 radical (unpaired) electrons. The van der Waals surface area contributed by atoms with E-state index in [1.165, 1.54) is 12.8 Å². The Bertz CT molecular complexity index is 720. The molecule has 114 valence electrons. The first-order chi connectivity index (χ1) is 10.7. The van der Waals surface area contributed by atoms with E-state index in [0.29, 0.717) is 12.3 Å². The van der Waals surface area contributed by atoms with Gasteiger partial charge in [0.05, 0.1) is 5.70 Å². The molecule has 22 heavy (non-hydrogen) atoms. The Morgan fingerprint density at radius 1 is 1.09 bits per heavy atom. The van der Waals surface area contributed by atoms with Crippen LogP contribution in [0.2, 0.25) is 0 Å². The van der Waals surface area contributed by atoms with Gasteiger partial charge in [0.2, 0.25) is 0 Å². The average Bonchev–Trinajstić information content (AvgIpc) is 2.54. The first-order valence-electron chi connectivity index (χ1n) is 7.92. The number of carbonyl (C=O) groups excluding carboxylic acids is 1. The molecule has 2 aromatic rings. The number of amides is 1. The number of benzene rings is 2. The van der Waals surface area contributed by atoms with Gasteiger partial charge in [-0.15, -0.1) is 0 Å². The smallest absolute Gasteiger partial charge is 0.409 e. The predicted octanol–water partition coefficient (Wildman–Crippen LogP) is 5.21. The number of fused-ring (bicyclic) bond motifs is 3. The molecule has 0 saturated carbocycles. The Balaban J connectivity index is 1.88. The fourth-order valence-corrected chi connectivity index (χ4v) is 2.90. The van der Waals surface area contributed by atoms with Crippen LogP contribution in [0.15, 0.2) is 43.0 Å². The summed E-state index contributed by atoms with van der Waals surface area (Å²) in [6.07, 6.45) is 4.16. The summed E-state index contributed by atoms with van der Waals surface area (Å²) in [5.41, 5.74) is 1.65. The third-order valence-corrected chi connectivity index (χ3v) is 4.16. The quantitative estimate of drug-likeness (QED) is 0.709. The lowest BCUT2D eigenvalue weighted by Crippen LogP contribution is -2.36. The highest BCUT2D eigenvalue weighted by Gasteiger charge is 2.29. The molecular weight excluding hydrogens is 274 g/mol. The molecule has 0 unspecified atom stereocenters. The summed E-state index contributed by atoms with van der Waals surface area (Å²) in [6, 6.07) is 12.0. The van der Waals surface area contributed by atoms with Gasteiger partial charge in [0.1, 0.15) is 5.75 Å². The number of rotatable bonds is 5. The third-order valence-electron chi connectivity index (χ3n) is 4.16. The maximum absolute atomic E-state index is 12.3.